The van der Waals surface area contributed by atoms with E-state index in [9.17, 15) is 4.79 Å². The van der Waals surface area contributed by atoms with Gasteiger partial charge in [-0.3, -0.25) is 4.79 Å². The molecule has 4 nitrogen and oxygen atoms in total. The van der Waals surface area contributed by atoms with Gasteiger partial charge in [-0.25, -0.2) is 9.97 Å². The van der Waals surface area contributed by atoms with E-state index in [0.29, 0.717) is 23.4 Å². The van der Waals surface area contributed by atoms with Gasteiger partial charge in [-0.05, 0) is 24.3 Å². The normalized spacial score (nSPS) is 10.2. The molecule has 0 aliphatic heterocycles. The number of nitrogens with zero attached hydrogens (tertiary/aromatic N) is 2. The lowest BCUT2D eigenvalue weighted by molar-refractivity contribution is 0.111. The average Bonchev–Trinajstić information content (AvgIpc) is 2.16. The first-order valence-corrected chi connectivity index (χ1v) is 3.78. The van der Waals surface area contributed by atoms with E-state index < -0.39 is 0 Å². The van der Waals surface area contributed by atoms with E-state index in [4.69, 9.17) is 5.73 Å². The number of aldehydes is 1. The predicted octanol–water partition coefficient (Wildman–Crippen LogP) is 1.02. The van der Waals surface area contributed by atoms with E-state index in [2.05, 4.69) is 9.97 Å². The van der Waals surface area contributed by atoms with Crippen molar-refractivity contribution in [1.82, 2.24) is 9.97 Å². The van der Waals surface area contributed by atoms with Gasteiger partial charge in [0.05, 0.1) is 0 Å². The molecule has 2 N–H and O–H groups in total. The summed E-state index contributed by atoms with van der Waals surface area (Å²) < 4.78 is 0. The number of fused-ring (bicyclic) bond motifs is 1. The first kappa shape index (κ1) is 7.67. The fraction of sp³-hybridized carbons (Fsp3) is 0. The summed E-state index contributed by atoms with van der Waals surface area (Å²) in [6.45, 7) is 0. The highest BCUT2D eigenvalue weighted by Crippen LogP contribution is 2.11. The smallest absolute Gasteiger partial charge is 0.168 e. The topological polar surface area (TPSA) is 68.9 Å². The molecule has 0 spiro atoms. The van der Waals surface area contributed by atoms with Crippen LogP contribution in [-0.4, -0.2) is 16.3 Å². The van der Waals surface area contributed by atoms with E-state index in [-0.39, 0.29) is 0 Å². The Morgan fingerprint density at radius 1 is 1.15 bits per heavy atom. The molecule has 2 heterocycles. The molecular formula is C9H7N3O. The Morgan fingerprint density at radius 2 is 1.92 bits per heavy atom. The monoisotopic (exact) mass is 173 g/mol. The first-order chi connectivity index (χ1) is 6.29. The number of nitrogen functional groups attached to an aromatic ring is 1. The van der Waals surface area contributed by atoms with E-state index >= 15 is 0 Å². The Hall–Kier alpha value is -1.97. The van der Waals surface area contributed by atoms with Crippen molar-refractivity contribution >= 4 is 23.1 Å². The number of hydrogen-bond acceptors (Lipinski definition) is 4. The van der Waals surface area contributed by atoms with Gasteiger partial charge in [0.2, 0.25) is 0 Å². The fourth-order valence-electron chi connectivity index (χ4n) is 1.09. The molecule has 0 atom stereocenters. The third kappa shape index (κ3) is 1.33. The van der Waals surface area contributed by atoms with Crippen LogP contribution in [0.1, 0.15) is 10.5 Å². The highest BCUT2D eigenvalue weighted by molar-refractivity contribution is 5.81. The summed E-state index contributed by atoms with van der Waals surface area (Å²) in [5.74, 6) is 0.406. The maximum Gasteiger partial charge on any atom is 0.168 e. The summed E-state index contributed by atoms with van der Waals surface area (Å²) in [5.41, 5.74) is 6.35. The fourth-order valence-corrected chi connectivity index (χ4v) is 1.09. The molecule has 0 radical (unpaired) electrons. The molecule has 0 saturated carbocycles. The van der Waals surface area contributed by atoms with Crippen LogP contribution in [0.15, 0.2) is 24.3 Å². The molecule has 0 saturated heterocycles. The van der Waals surface area contributed by atoms with Gasteiger partial charge < -0.3 is 5.73 Å². The molecule has 0 aromatic carbocycles. The van der Waals surface area contributed by atoms with Crippen molar-refractivity contribution in [3.8, 4) is 0 Å². The second kappa shape index (κ2) is 2.82. The SMILES string of the molecule is Nc1ccc2ccc(C=O)nc2n1. The standard InChI is InChI=1S/C9H7N3O/c10-8-4-2-6-1-3-7(5-13)11-9(6)12-8/h1-5H,(H2,10,11,12). The van der Waals surface area contributed by atoms with Gasteiger partial charge in [-0.15, -0.1) is 0 Å². The van der Waals surface area contributed by atoms with E-state index in [0.717, 1.165) is 5.39 Å². The number of carbonyl (C=O) groups is 1. The zero-order valence-corrected chi connectivity index (χ0v) is 6.77. The Morgan fingerprint density at radius 3 is 2.69 bits per heavy atom. The molecule has 0 amide bonds. The third-order valence-corrected chi connectivity index (χ3v) is 1.72. The molecule has 0 aliphatic carbocycles. The van der Waals surface area contributed by atoms with Crippen molar-refractivity contribution in [3.63, 3.8) is 0 Å². The lowest BCUT2D eigenvalue weighted by atomic mass is 10.2. The molecule has 0 bridgehead atoms. The van der Waals surface area contributed by atoms with Crippen LogP contribution >= 0.6 is 0 Å². The first-order valence-electron chi connectivity index (χ1n) is 3.78. The minimum atomic E-state index is 0.366. The lowest BCUT2D eigenvalue weighted by Gasteiger charge is -1.97. The summed E-state index contributed by atoms with van der Waals surface area (Å²) >= 11 is 0. The maximum absolute atomic E-state index is 10.4. The molecular weight excluding hydrogens is 166 g/mol. The summed E-state index contributed by atoms with van der Waals surface area (Å²) in [5, 5.41) is 0.875. The van der Waals surface area contributed by atoms with E-state index in [1.54, 1.807) is 18.2 Å². The summed E-state index contributed by atoms with van der Waals surface area (Å²) in [7, 11) is 0. The molecule has 2 aromatic heterocycles. The number of pyridine rings is 2. The Labute approximate surface area is 74.4 Å². The number of rotatable bonds is 1. The van der Waals surface area contributed by atoms with Crippen molar-refractivity contribution in [2.45, 2.75) is 0 Å². The van der Waals surface area contributed by atoms with Gasteiger partial charge in [0.1, 0.15) is 11.5 Å². The van der Waals surface area contributed by atoms with Gasteiger partial charge in [-0.2, -0.15) is 0 Å². The molecule has 2 aromatic rings. The number of aromatic nitrogens is 2. The number of carbonyl (C=O) groups excluding carboxylic acids is 1. The Balaban J connectivity index is 2.74. The van der Waals surface area contributed by atoms with Crippen molar-refractivity contribution in [3.05, 3.63) is 30.0 Å². The molecule has 13 heavy (non-hydrogen) atoms. The number of anilines is 1. The number of hydrogen-bond donors (Lipinski definition) is 1. The van der Waals surface area contributed by atoms with Gasteiger partial charge in [0.15, 0.2) is 11.9 Å². The summed E-state index contributed by atoms with van der Waals surface area (Å²) in [6, 6.07) is 6.95. The zero-order chi connectivity index (χ0) is 9.26. The van der Waals surface area contributed by atoms with Crippen LogP contribution in [-0.2, 0) is 0 Å². The molecule has 0 fully saturated rings. The molecule has 2 rings (SSSR count). The van der Waals surface area contributed by atoms with Crippen LogP contribution in [0.4, 0.5) is 5.82 Å². The van der Waals surface area contributed by atoms with Crippen LogP contribution in [0.25, 0.3) is 11.0 Å². The zero-order valence-electron chi connectivity index (χ0n) is 6.77. The Kier molecular flexibility index (Phi) is 1.66. The lowest BCUT2D eigenvalue weighted by Crippen LogP contribution is -1.93. The third-order valence-electron chi connectivity index (χ3n) is 1.72. The maximum atomic E-state index is 10.4. The molecule has 4 heteroatoms. The molecule has 0 aliphatic rings. The van der Waals surface area contributed by atoms with Crippen molar-refractivity contribution in [1.29, 1.82) is 0 Å². The average molecular weight is 173 g/mol. The molecule has 64 valence electrons. The summed E-state index contributed by atoms with van der Waals surface area (Å²) in [4.78, 5) is 18.4. The van der Waals surface area contributed by atoms with E-state index in [1.807, 2.05) is 6.07 Å². The van der Waals surface area contributed by atoms with Crippen LogP contribution < -0.4 is 5.73 Å². The van der Waals surface area contributed by atoms with Crippen molar-refractivity contribution < 1.29 is 4.79 Å². The summed E-state index contributed by atoms with van der Waals surface area (Å²) in [6.07, 6.45) is 0.685. The minimum absolute atomic E-state index is 0.366. The van der Waals surface area contributed by atoms with Gasteiger partial charge in [-0.1, -0.05) is 0 Å². The second-order valence-electron chi connectivity index (χ2n) is 2.64. The number of nitrogens with two attached hydrogens (primary N) is 1. The predicted molar refractivity (Wildman–Crippen MR) is 49.3 cm³/mol. The van der Waals surface area contributed by atoms with Crippen molar-refractivity contribution in [2.75, 3.05) is 5.73 Å². The van der Waals surface area contributed by atoms with Crippen LogP contribution in [0.5, 0.6) is 0 Å². The highest BCUT2D eigenvalue weighted by atomic mass is 16.1. The van der Waals surface area contributed by atoms with Crippen LogP contribution in [0.2, 0.25) is 0 Å². The largest absolute Gasteiger partial charge is 0.384 e. The van der Waals surface area contributed by atoms with Gasteiger partial charge in [0.25, 0.3) is 0 Å². The highest BCUT2D eigenvalue weighted by Gasteiger charge is 1.98. The quantitative estimate of drug-likeness (QED) is 0.654. The van der Waals surface area contributed by atoms with Gasteiger partial charge >= 0.3 is 0 Å². The van der Waals surface area contributed by atoms with Crippen LogP contribution in [0.3, 0.4) is 0 Å². The minimum Gasteiger partial charge on any atom is -0.384 e. The second-order valence-corrected chi connectivity index (χ2v) is 2.64. The molecule has 0 unspecified atom stereocenters. The van der Waals surface area contributed by atoms with Crippen molar-refractivity contribution in [2.24, 2.45) is 0 Å². The van der Waals surface area contributed by atoms with Crippen LogP contribution in [0, 0.1) is 0 Å². The van der Waals surface area contributed by atoms with Gasteiger partial charge in [0, 0.05) is 5.39 Å². The Bertz CT molecular complexity index is 467. The van der Waals surface area contributed by atoms with E-state index in [1.165, 1.54) is 0 Å².